The molecule has 0 amide bonds. The summed E-state index contributed by atoms with van der Waals surface area (Å²) in [6.45, 7) is 1.64. The first-order chi connectivity index (χ1) is 9.90. The van der Waals surface area contributed by atoms with E-state index < -0.39 is 18.1 Å². The molecule has 1 aromatic rings. The van der Waals surface area contributed by atoms with Crippen LogP contribution in [0, 0.1) is 0 Å². The number of rotatable bonds is 3. The third kappa shape index (κ3) is 4.10. The number of methoxy groups -OCH3 is 1. The fourth-order valence-electron chi connectivity index (χ4n) is 2.44. The molecule has 0 atom stereocenters. The monoisotopic (exact) mass is 303 g/mol. The molecule has 1 fully saturated rings. The molecule has 1 aliphatic rings. The maximum absolute atomic E-state index is 12.5. The maximum atomic E-state index is 12.5. The van der Waals surface area contributed by atoms with Crippen molar-refractivity contribution in [1.82, 2.24) is 5.32 Å². The number of benzene rings is 1. The predicted molar refractivity (Wildman–Crippen MR) is 69.3 cm³/mol. The predicted octanol–water partition coefficient (Wildman–Crippen LogP) is 2.84. The zero-order valence-electron chi connectivity index (χ0n) is 11.5. The van der Waals surface area contributed by atoms with Gasteiger partial charge in [-0.25, -0.2) is 4.79 Å². The van der Waals surface area contributed by atoms with Gasteiger partial charge in [0.15, 0.2) is 0 Å². The molecule has 1 N–H and O–H groups in total. The van der Waals surface area contributed by atoms with Gasteiger partial charge in [-0.3, -0.25) is 0 Å². The summed E-state index contributed by atoms with van der Waals surface area (Å²) in [6.07, 6.45) is -3.18. The van der Waals surface area contributed by atoms with Crippen LogP contribution in [0.3, 0.4) is 0 Å². The normalized spacial score (nSPS) is 16.6. The molecule has 0 saturated carbocycles. The number of carbonyl (C=O) groups is 1. The van der Waals surface area contributed by atoms with Crippen LogP contribution in [-0.4, -0.2) is 32.5 Å². The fourth-order valence-corrected chi connectivity index (χ4v) is 2.44. The van der Waals surface area contributed by atoms with Crippen molar-refractivity contribution in [2.24, 2.45) is 0 Å². The Bertz CT molecular complexity index is 511. The van der Waals surface area contributed by atoms with E-state index in [0.717, 1.165) is 38.6 Å². The van der Waals surface area contributed by atoms with Crippen LogP contribution in [0.15, 0.2) is 18.2 Å². The molecule has 0 unspecified atom stereocenters. The Morgan fingerprint density at radius 1 is 1.29 bits per heavy atom. The maximum Gasteiger partial charge on any atom is 0.573 e. The average Bonchev–Trinajstić information content (AvgIpc) is 2.45. The van der Waals surface area contributed by atoms with Gasteiger partial charge in [-0.15, -0.1) is 13.2 Å². The standard InChI is InChI=1S/C14H16F3NO3/c1-20-13(19)11-3-2-10(9-4-6-18-7-5-9)8-12(11)21-14(15,16)17/h2-3,8-9,18H,4-7H2,1H3. The molecule has 116 valence electrons. The number of alkyl halides is 3. The highest BCUT2D eigenvalue weighted by Gasteiger charge is 2.33. The van der Waals surface area contributed by atoms with Crippen molar-refractivity contribution in [3.8, 4) is 5.75 Å². The summed E-state index contributed by atoms with van der Waals surface area (Å²) in [4.78, 5) is 11.5. The molecule has 1 aromatic carbocycles. The van der Waals surface area contributed by atoms with Crippen LogP contribution in [0.5, 0.6) is 5.75 Å². The molecule has 1 aliphatic heterocycles. The van der Waals surface area contributed by atoms with Gasteiger partial charge in [0, 0.05) is 0 Å². The van der Waals surface area contributed by atoms with E-state index in [4.69, 9.17) is 0 Å². The topological polar surface area (TPSA) is 47.6 Å². The minimum absolute atomic E-state index is 0.161. The minimum Gasteiger partial charge on any atom is -0.465 e. The van der Waals surface area contributed by atoms with Crippen LogP contribution in [0.2, 0.25) is 0 Å². The molecule has 21 heavy (non-hydrogen) atoms. The highest BCUT2D eigenvalue weighted by Crippen LogP contribution is 2.33. The van der Waals surface area contributed by atoms with Gasteiger partial charge in [-0.05, 0) is 49.5 Å². The quantitative estimate of drug-likeness (QED) is 0.872. The molecule has 4 nitrogen and oxygen atoms in total. The van der Waals surface area contributed by atoms with E-state index in [1.165, 1.54) is 12.1 Å². The van der Waals surface area contributed by atoms with Gasteiger partial charge in [0.1, 0.15) is 11.3 Å². The second-order valence-corrected chi connectivity index (χ2v) is 4.82. The number of carbonyl (C=O) groups excluding carboxylic acids is 1. The summed E-state index contributed by atoms with van der Waals surface area (Å²) in [5, 5.41) is 3.19. The highest BCUT2D eigenvalue weighted by atomic mass is 19.4. The number of hydrogen-bond acceptors (Lipinski definition) is 4. The third-order valence-electron chi connectivity index (χ3n) is 3.45. The van der Waals surface area contributed by atoms with Crippen molar-refractivity contribution < 1.29 is 27.4 Å². The lowest BCUT2D eigenvalue weighted by Gasteiger charge is -2.24. The van der Waals surface area contributed by atoms with Crippen LogP contribution < -0.4 is 10.1 Å². The van der Waals surface area contributed by atoms with Crippen LogP contribution in [0.4, 0.5) is 13.2 Å². The number of piperidine rings is 1. The van der Waals surface area contributed by atoms with E-state index in [9.17, 15) is 18.0 Å². The van der Waals surface area contributed by atoms with Gasteiger partial charge >= 0.3 is 12.3 Å². The number of esters is 1. The van der Waals surface area contributed by atoms with Crippen LogP contribution in [0.1, 0.15) is 34.7 Å². The van der Waals surface area contributed by atoms with E-state index in [1.54, 1.807) is 6.07 Å². The Morgan fingerprint density at radius 3 is 2.52 bits per heavy atom. The van der Waals surface area contributed by atoms with E-state index in [-0.39, 0.29) is 11.5 Å². The van der Waals surface area contributed by atoms with Crippen molar-refractivity contribution in [2.45, 2.75) is 25.1 Å². The number of hydrogen-bond donors (Lipinski definition) is 1. The first-order valence-electron chi connectivity index (χ1n) is 6.59. The van der Waals surface area contributed by atoms with Gasteiger partial charge in [-0.2, -0.15) is 0 Å². The van der Waals surface area contributed by atoms with Gasteiger partial charge in [0.25, 0.3) is 0 Å². The van der Waals surface area contributed by atoms with Crippen LogP contribution >= 0.6 is 0 Å². The Hall–Kier alpha value is -1.76. The van der Waals surface area contributed by atoms with E-state index in [0.29, 0.717) is 0 Å². The summed E-state index contributed by atoms with van der Waals surface area (Å²) in [5.74, 6) is -1.20. The molecular weight excluding hydrogens is 287 g/mol. The Balaban J connectivity index is 2.33. The van der Waals surface area contributed by atoms with E-state index in [1.807, 2.05) is 0 Å². The lowest BCUT2D eigenvalue weighted by atomic mass is 9.89. The fraction of sp³-hybridized carbons (Fsp3) is 0.500. The summed E-state index contributed by atoms with van der Waals surface area (Å²) in [5.41, 5.74) is 0.510. The molecule has 0 bridgehead atoms. The van der Waals surface area contributed by atoms with Crippen molar-refractivity contribution in [3.05, 3.63) is 29.3 Å². The summed E-state index contributed by atoms with van der Waals surface area (Å²) in [6, 6.07) is 4.27. The van der Waals surface area contributed by atoms with Gasteiger partial charge in [0.05, 0.1) is 7.11 Å². The molecule has 7 heteroatoms. The first kappa shape index (κ1) is 15.6. The zero-order chi connectivity index (χ0) is 15.5. The van der Waals surface area contributed by atoms with Gasteiger partial charge in [0.2, 0.25) is 0 Å². The number of ether oxygens (including phenoxy) is 2. The van der Waals surface area contributed by atoms with Crippen LogP contribution in [0.25, 0.3) is 0 Å². The Labute approximate surface area is 120 Å². The molecule has 0 aromatic heterocycles. The molecular formula is C14H16F3NO3. The molecule has 2 rings (SSSR count). The zero-order valence-corrected chi connectivity index (χ0v) is 11.5. The molecule has 0 radical (unpaired) electrons. The average molecular weight is 303 g/mol. The second-order valence-electron chi connectivity index (χ2n) is 4.82. The second kappa shape index (κ2) is 6.34. The highest BCUT2D eigenvalue weighted by molar-refractivity contribution is 5.92. The number of nitrogens with one attached hydrogen (secondary N) is 1. The smallest absolute Gasteiger partial charge is 0.465 e. The Kier molecular flexibility index (Phi) is 4.72. The van der Waals surface area contributed by atoms with Crippen molar-refractivity contribution >= 4 is 5.97 Å². The van der Waals surface area contributed by atoms with Crippen molar-refractivity contribution in [3.63, 3.8) is 0 Å². The number of halogens is 3. The van der Waals surface area contributed by atoms with E-state index in [2.05, 4.69) is 14.8 Å². The van der Waals surface area contributed by atoms with Gasteiger partial charge < -0.3 is 14.8 Å². The molecule has 0 aliphatic carbocycles. The molecule has 1 heterocycles. The van der Waals surface area contributed by atoms with Crippen LogP contribution in [-0.2, 0) is 4.74 Å². The van der Waals surface area contributed by atoms with Crippen molar-refractivity contribution in [1.29, 1.82) is 0 Å². The minimum atomic E-state index is -4.85. The van der Waals surface area contributed by atoms with E-state index >= 15 is 0 Å². The largest absolute Gasteiger partial charge is 0.573 e. The Morgan fingerprint density at radius 2 is 1.95 bits per heavy atom. The van der Waals surface area contributed by atoms with Crippen molar-refractivity contribution in [2.75, 3.05) is 20.2 Å². The molecule has 0 spiro atoms. The third-order valence-corrected chi connectivity index (χ3v) is 3.45. The summed E-state index contributed by atoms with van der Waals surface area (Å²) >= 11 is 0. The first-order valence-corrected chi connectivity index (χ1v) is 6.59. The molecule has 1 saturated heterocycles. The lowest BCUT2D eigenvalue weighted by molar-refractivity contribution is -0.274. The summed E-state index contributed by atoms with van der Waals surface area (Å²) in [7, 11) is 1.11. The van der Waals surface area contributed by atoms with Gasteiger partial charge in [-0.1, -0.05) is 6.07 Å². The SMILES string of the molecule is COC(=O)c1ccc(C2CCNCC2)cc1OC(F)(F)F. The summed E-state index contributed by atoms with van der Waals surface area (Å²) < 4.78 is 45.9. The lowest BCUT2D eigenvalue weighted by Crippen LogP contribution is -2.27.